The third kappa shape index (κ3) is 5.03. The molecule has 1 aliphatic heterocycles. The molecule has 0 bridgehead atoms. The first-order valence-corrected chi connectivity index (χ1v) is 9.56. The quantitative estimate of drug-likeness (QED) is 0.618. The smallest absolute Gasteiger partial charge is 0.241 e. The molecule has 2 aromatic rings. The Labute approximate surface area is 166 Å². The summed E-state index contributed by atoms with van der Waals surface area (Å²) in [7, 11) is 3.49. The van der Waals surface area contributed by atoms with Gasteiger partial charge in [-0.25, -0.2) is 4.99 Å². The van der Waals surface area contributed by atoms with Gasteiger partial charge in [0.15, 0.2) is 5.96 Å². The van der Waals surface area contributed by atoms with Crippen molar-refractivity contribution in [2.45, 2.75) is 25.9 Å². The standard InChI is InChI=1S/C22H28N4O2/c1-16-8-4-5-9-17(16)14-23-22(24-15-21(27)26(2)3)25-19-12-13-28-20-11-7-6-10-18(19)20/h4-11,19H,12-15H2,1-3H3,(H2,23,24,25). The lowest BCUT2D eigenvalue weighted by Gasteiger charge is -2.28. The second-order valence-electron chi connectivity index (χ2n) is 7.10. The van der Waals surface area contributed by atoms with Gasteiger partial charge in [0, 0.05) is 26.1 Å². The minimum absolute atomic E-state index is 0.00207. The fourth-order valence-electron chi connectivity index (χ4n) is 3.08. The van der Waals surface area contributed by atoms with E-state index in [4.69, 9.17) is 9.73 Å². The average molecular weight is 380 g/mol. The van der Waals surface area contributed by atoms with Crippen LogP contribution in [-0.2, 0) is 11.3 Å². The Morgan fingerprint density at radius 2 is 1.93 bits per heavy atom. The van der Waals surface area contributed by atoms with E-state index in [0.717, 1.165) is 23.3 Å². The fraction of sp³-hybridized carbons (Fsp3) is 0.364. The van der Waals surface area contributed by atoms with Crippen molar-refractivity contribution >= 4 is 11.9 Å². The lowest BCUT2D eigenvalue weighted by Crippen LogP contribution is -2.45. The third-order valence-electron chi connectivity index (χ3n) is 4.84. The van der Waals surface area contributed by atoms with Gasteiger partial charge in [-0.2, -0.15) is 0 Å². The number of carbonyl (C=O) groups is 1. The number of guanidine groups is 1. The number of nitrogens with zero attached hydrogens (tertiary/aromatic N) is 2. The number of aryl methyl sites for hydroxylation is 1. The van der Waals surface area contributed by atoms with Gasteiger partial charge in [0.2, 0.25) is 5.91 Å². The highest BCUT2D eigenvalue weighted by Gasteiger charge is 2.22. The van der Waals surface area contributed by atoms with E-state index in [1.54, 1.807) is 19.0 Å². The summed E-state index contributed by atoms with van der Waals surface area (Å²) in [5.74, 6) is 1.52. The second kappa shape index (κ2) is 9.26. The highest BCUT2D eigenvalue weighted by molar-refractivity contribution is 5.86. The van der Waals surface area contributed by atoms with E-state index in [-0.39, 0.29) is 18.5 Å². The van der Waals surface area contributed by atoms with E-state index >= 15 is 0 Å². The van der Waals surface area contributed by atoms with Crippen LogP contribution in [0.1, 0.15) is 29.2 Å². The molecule has 148 valence electrons. The number of carbonyl (C=O) groups excluding carboxylic acids is 1. The Hall–Kier alpha value is -3.02. The minimum atomic E-state index is -0.00207. The maximum Gasteiger partial charge on any atom is 0.241 e. The van der Waals surface area contributed by atoms with Crippen LogP contribution in [0.3, 0.4) is 0 Å². The predicted molar refractivity (Wildman–Crippen MR) is 111 cm³/mol. The zero-order chi connectivity index (χ0) is 19.9. The van der Waals surface area contributed by atoms with E-state index in [1.165, 1.54) is 5.56 Å². The first-order chi connectivity index (χ1) is 13.5. The molecular weight excluding hydrogens is 352 g/mol. The average Bonchev–Trinajstić information content (AvgIpc) is 2.71. The van der Waals surface area contributed by atoms with Crippen LogP contribution in [0.25, 0.3) is 0 Å². The third-order valence-corrected chi connectivity index (χ3v) is 4.84. The Morgan fingerprint density at radius 1 is 1.18 bits per heavy atom. The summed E-state index contributed by atoms with van der Waals surface area (Å²) < 4.78 is 5.75. The molecule has 1 aliphatic rings. The van der Waals surface area contributed by atoms with Crippen molar-refractivity contribution in [1.29, 1.82) is 0 Å². The van der Waals surface area contributed by atoms with Crippen LogP contribution >= 0.6 is 0 Å². The lowest BCUT2D eigenvalue weighted by molar-refractivity contribution is -0.127. The highest BCUT2D eigenvalue weighted by Crippen LogP contribution is 2.31. The van der Waals surface area contributed by atoms with Crippen molar-refractivity contribution < 1.29 is 9.53 Å². The predicted octanol–water partition coefficient (Wildman–Crippen LogP) is 2.64. The second-order valence-corrected chi connectivity index (χ2v) is 7.10. The minimum Gasteiger partial charge on any atom is -0.493 e. The molecule has 0 aliphatic carbocycles. The van der Waals surface area contributed by atoms with E-state index in [9.17, 15) is 4.79 Å². The number of hydrogen-bond donors (Lipinski definition) is 2. The van der Waals surface area contributed by atoms with Crippen LogP contribution in [0, 0.1) is 6.92 Å². The molecule has 28 heavy (non-hydrogen) atoms. The number of likely N-dealkylation sites (N-methyl/N-ethyl adjacent to an activating group) is 1. The van der Waals surface area contributed by atoms with Gasteiger partial charge >= 0.3 is 0 Å². The molecule has 1 unspecified atom stereocenters. The molecule has 0 fully saturated rings. The van der Waals surface area contributed by atoms with E-state index in [0.29, 0.717) is 19.1 Å². The van der Waals surface area contributed by atoms with Crippen molar-refractivity contribution in [3.05, 3.63) is 65.2 Å². The molecule has 3 rings (SSSR count). The van der Waals surface area contributed by atoms with Crippen molar-refractivity contribution in [3.8, 4) is 5.75 Å². The topological polar surface area (TPSA) is 66.0 Å². The molecule has 6 nitrogen and oxygen atoms in total. The number of hydrogen-bond acceptors (Lipinski definition) is 3. The number of amides is 1. The normalized spacial score (nSPS) is 16.0. The zero-order valence-corrected chi connectivity index (χ0v) is 16.7. The number of para-hydroxylation sites is 1. The van der Waals surface area contributed by atoms with E-state index < -0.39 is 0 Å². The zero-order valence-electron chi connectivity index (χ0n) is 16.7. The van der Waals surface area contributed by atoms with Gasteiger partial charge in [-0.1, -0.05) is 42.5 Å². The fourth-order valence-corrected chi connectivity index (χ4v) is 3.08. The molecule has 1 atom stereocenters. The van der Waals surface area contributed by atoms with Gasteiger partial charge in [0.05, 0.1) is 25.7 Å². The summed E-state index contributed by atoms with van der Waals surface area (Å²) in [6, 6.07) is 16.3. The number of aliphatic imine (C=N–C) groups is 1. The van der Waals surface area contributed by atoms with E-state index in [1.807, 2.05) is 30.3 Å². The van der Waals surface area contributed by atoms with E-state index in [2.05, 4.69) is 35.8 Å². The summed E-state index contributed by atoms with van der Waals surface area (Å²) in [6.07, 6.45) is 0.837. The Kier molecular flexibility index (Phi) is 6.53. The largest absolute Gasteiger partial charge is 0.493 e. The number of nitrogens with one attached hydrogen (secondary N) is 2. The van der Waals surface area contributed by atoms with Crippen LogP contribution in [0.5, 0.6) is 5.75 Å². The summed E-state index contributed by atoms with van der Waals surface area (Å²) in [4.78, 5) is 18.3. The molecule has 0 saturated heterocycles. The summed E-state index contributed by atoms with van der Waals surface area (Å²) in [6.45, 7) is 3.46. The summed E-state index contributed by atoms with van der Waals surface area (Å²) in [5, 5.41) is 6.66. The molecule has 6 heteroatoms. The molecular formula is C22H28N4O2. The van der Waals surface area contributed by atoms with Gasteiger partial charge < -0.3 is 20.3 Å². The van der Waals surface area contributed by atoms with Gasteiger partial charge in [0.25, 0.3) is 0 Å². The van der Waals surface area contributed by atoms with Crippen molar-refractivity contribution in [3.63, 3.8) is 0 Å². The molecule has 1 heterocycles. The van der Waals surface area contributed by atoms with Crippen LogP contribution in [0.15, 0.2) is 53.5 Å². The number of ether oxygens (including phenoxy) is 1. The first kappa shape index (κ1) is 19.7. The molecule has 2 aromatic carbocycles. The van der Waals surface area contributed by atoms with Gasteiger partial charge in [0.1, 0.15) is 5.75 Å². The molecule has 0 saturated carbocycles. The summed E-state index contributed by atoms with van der Waals surface area (Å²) in [5.41, 5.74) is 3.47. The molecule has 0 radical (unpaired) electrons. The molecule has 1 amide bonds. The molecule has 0 aromatic heterocycles. The monoisotopic (exact) mass is 380 g/mol. The van der Waals surface area contributed by atoms with Crippen LogP contribution in [-0.4, -0.2) is 44.0 Å². The SMILES string of the molecule is Cc1ccccc1CN=C(NCC(=O)N(C)C)NC1CCOc2ccccc21. The number of fused-ring (bicyclic) bond motifs is 1. The Bertz CT molecular complexity index is 848. The van der Waals surface area contributed by atoms with Crippen LogP contribution in [0.2, 0.25) is 0 Å². The van der Waals surface area contributed by atoms with Crippen LogP contribution < -0.4 is 15.4 Å². The Morgan fingerprint density at radius 3 is 2.71 bits per heavy atom. The van der Waals surface area contributed by atoms with Crippen molar-refractivity contribution in [2.75, 3.05) is 27.2 Å². The Balaban J connectivity index is 1.77. The molecule has 0 spiro atoms. The van der Waals surface area contributed by atoms with Crippen molar-refractivity contribution in [2.24, 2.45) is 4.99 Å². The summed E-state index contributed by atoms with van der Waals surface area (Å²) >= 11 is 0. The first-order valence-electron chi connectivity index (χ1n) is 9.56. The van der Waals surface area contributed by atoms with Crippen molar-refractivity contribution in [1.82, 2.24) is 15.5 Å². The maximum atomic E-state index is 12.0. The number of benzene rings is 2. The molecule has 2 N–H and O–H groups in total. The lowest BCUT2D eigenvalue weighted by atomic mass is 10.0. The van der Waals surface area contributed by atoms with Gasteiger partial charge in [-0.3, -0.25) is 4.79 Å². The number of rotatable bonds is 5. The maximum absolute atomic E-state index is 12.0. The van der Waals surface area contributed by atoms with Gasteiger partial charge in [-0.15, -0.1) is 0 Å². The van der Waals surface area contributed by atoms with Gasteiger partial charge in [-0.05, 0) is 24.1 Å². The highest BCUT2D eigenvalue weighted by atomic mass is 16.5. The van der Waals surface area contributed by atoms with Crippen LogP contribution in [0.4, 0.5) is 0 Å².